The number of alkyl halides is 1. The predicted molar refractivity (Wildman–Crippen MR) is 40.8 cm³/mol. The molecule has 0 radical (unpaired) electrons. The van der Waals surface area contributed by atoms with E-state index < -0.39 is 18.7 Å². The number of nitrogens with one attached hydrogen (secondary N) is 2. The molecule has 62 valence electrons. The van der Waals surface area contributed by atoms with Crippen molar-refractivity contribution in [1.82, 2.24) is 10.6 Å². The van der Waals surface area contributed by atoms with Crippen molar-refractivity contribution in [3.63, 3.8) is 0 Å². The fraction of sp³-hybridized carbons (Fsp3) is 0.571. The average Bonchev–Trinajstić information content (AvgIpc) is 2.00. The number of urea groups is 1. The van der Waals surface area contributed by atoms with Crippen LogP contribution in [0.15, 0.2) is 0 Å². The van der Waals surface area contributed by atoms with Gasteiger partial charge >= 0.3 is 6.03 Å². The van der Waals surface area contributed by atoms with E-state index in [1.54, 1.807) is 6.92 Å². The molecule has 0 aliphatic rings. The van der Waals surface area contributed by atoms with Crippen molar-refractivity contribution < 1.29 is 9.18 Å². The topological polar surface area (TPSA) is 41.1 Å². The van der Waals surface area contributed by atoms with Crippen LogP contribution >= 0.6 is 0 Å². The average molecular weight is 158 g/mol. The van der Waals surface area contributed by atoms with Crippen molar-refractivity contribution in [2.75, 3.05) is 13.2 Å². The Labute approximate surface area is 65.4 Å². The molecule has 0 fully saturated rings. The van der Waals surface area contributed by atoms with Gasteiger partial charge in [-0.05, 0) is 6.92 Å². The van der Waals surface area contributed by atoms with Gasteiger partial charge in [0.1, 0.15) is 6.67 Å². The number of carbonyl (C=O) groups is 1. The third-order valence-corrected chi connectivity index (χ3v) is 0.960. The summed E-state index contributed by atoms with van der Waals surface area (Å²) in [6, 6.07) is -0.902. The van der Waals surface area contributed by atoms with Crippen LogP contribution in [0.3, 0.4) is 0 Å². The Morgan fingerprint density at radius 3 is 2.91 bits per heavy atom. The molecule has 0 saturated carbocycles. The second-order valence-electron chi connectivity index (χ2n) is 2.09. The smallest absolute Gasteiger partial charge is 0.315 e. The molecule has 0 saturated heterocycles. The van der Waals surface area contributed by atoms with Crippen molar-refractivity contribution >= 4 is 6.03 Å². The summed E-state index contributed by atoms with van der Waals surface area (Å²) in [6.07, 6.45) is 4.87. The molecule has 11 heavy (non-hydrogen) atoms. The van der Waals surface area contributed by atoms with Crippen molar-refractivity contribution in [1.29, 1.82) is 0 Å². The molecule has 0 heterocycles. The van der Waals surface area contributed by atoms with Gasteiger partial charge < -0.3 is 10.6 Å². The molecule has 0 spiro atoms. The van der Waals surface area contributed by atoms with E-state index in [4.69, 9.17) is 6.42 Å². The van der Waals surface area contributed by atoms with Crippen LogP contribution in [0, 0.1) is 12.3 Å². The summed E-state index contributed by atoms with van der Waals surface area (Å²) in [5.74, 6) is 2.22. The van der Waals surface area contributed by atoms with Crippen molar-refractivity contribution in [2.24, 2.45) is 0 Å². The van der Waals surface area contributed by atoms with Crippen molar-refractivity contribution in [3.8, 4) is 12.3 Å². The molecule has 4 heteroatoms. The first kappa shape index (κ1) is 9.76. The Morgan fingerprint density at radius 2 is 2.45 bits per heavy atom. The minimum atomic E-state index is -0.580. The fourth-order valence-corrected chi connectivity index (χ4v) is 0.445. The first-order chi connectivity index (χ1) is 5.20. The van der Waals surface area contributed by atoms with Gasteiger partial charge in [-0.1, -0.05) is 5.92 Å². The number of rotatable bonds is 3. The SMILES string of the molecule is C#CCNC(=O)N[C@@H](C)CF. The molecular formula is C7H11FN2O. The van der Waals surface area contributed by atoms with Gasteiger partial charge in [0, 0.05) is 0 Å². The number of carbonyl (C=O) groups excluding carboxylic acids is 1. The molecule has 3 nitrogen and oxygen atoms in total. The van der Waals surface area contributed by atoms with Crippen LogP contribution in [-0.2, 0) is 0 Å². The van der Waals surface area contributed by atoms with Gasteiger partial charge in [0.15, 0.2) is 0 Å². The van der Waals surface area contributed by atoms with Crippen molar-refractivity contribution in [2.45, 2.75) is 13.0 Å². The standard InChI is InChI=1S/C7H11FN2O/c1-3-4-9-7(11)10-6(2)5-8/h1,6H,4-5H2,2H3,(H2,9,10,11)/t6-/m0/s1. The summed E-state index contributed by atoms with van der Waals surface area (Å²) in [6.45, 7) is 1.14. The van der Waals surface area contributed by atoms with Gasteiger partial charge in [-0.3, -0.25) is 0 Å². The maximum atomic E-state index is 11.8. The van der Waals surface area contributed by atoms with E-state index in [2.05, 4.69) is 16.6 Å². The summed E-state index contributed by atoms with van der Waals surface area (Å²) in [5, 5.41) is 4.69. The minimum Gasteiger partial charge on any atom is -0.333 e. The van der Waals surface area contributed by atoms with Crippen LogP contribution in [0.4, 0.5) is 9.18 Å². The van der Waals surface area contributed by atoms with Gasteiger partial charge in [-0.2, -0.15) is 0 Å². The number of amides is 2. The van der Waals surface area contributed by atoms with Crippen LogP contribution in [0.5, 0.6) is 0 Å². The summed E-state index contributed by atoms with van der Waals surface area (Å²) in [7, 11) is 0. The number of hydrogen-bond acceptors (Lipinski definition) is 1. The Hall–Kier alpha value is -1.24. The number of terminal acetylenes is 1. The molecule has 0 aromatic heterocycles. The highest BCUT2D eigenvalue weighted by molar-refractivity contribution is 5.74. The summed E-state index contributed by atoms with van der Waals surface area (Å²) < 4.78 is 11.8. The molecular weight excluding hydrogens is 147 g/mol. The Bertz CT molecular complexity index is 164. The third-order valence-electron chi connectivity index (χ3n) is 0.960. The molecule has 0 aliphatic carbocycles. The van der Waals surface area contributed by atoms with Crippen LogP contribution in [0.1, 0.15) is 6.92 Å². The maximum absolute atomic E-state index is 11.8. The molecule has 2 N–H and O–H groups in total. The summed E-state index contributed by atoms with van der Waals surface area (Å²) >= 11 is 0. The Balaban J connectivity index is 3.45. The zero-order valence-corrected chi connectivity index (χ0v) is 6.36. The lowest BCUT2D eigenvalue weighted by Gasteiger charge is -2.08. The van der Waals surface area contributed by atoms with Crippen LogP contribution < -0.4 is 10.6 Å². The van der Waals surface area contributed by atoms with Crippen LogP contribution in [0.25, 0.3) is 0 Å². The molecule has 0 unspecified atom stereocenters. The van der Waals surface area contributed by atoms with Gasteiger partial charge in [0.2, 0.25) is 0 Å². The monoisotopic (exact) mass is 158 g/mol. The Kier molecular flexibility index (Phi) is 4.91. The van der Waals surface area contributed by atoms with E-state index in [1.807, 2.05) is 0 Å². The van der Waals surface area contributed by atoms with E-state index in [0.29, 0.717) is 0 Å². The van der Waals surface area contributed by atoms with Gasteiger partial charge in [0.05, 0.1) is 12.6 Å². The van der Waals surface area contributed by atoms with Crippen LogP contribution in [-0.4, -0.2) is 25.3 Å². The largest absolute Gasteiger partial charge is 0.333 e. The van der Waals surface area contributed by atoms with Gasteiger partial charge in [0.25, 0.3) is 0 Å². The quantitative estimate of drug-likeness (QED) is 0.569. The highest BCUT2D eigenvalue weighted by Gasteiger charge is 2.03. The second kappa shape index (κ2) is 5.54. The lowest BCUT2D eigenvalue weighted by Crippen LogP contribution is -2.41. The molecule has 0 rings (SSSR count). The highest BCUT2D eigenvalue weighted by atomic mass is 19.1. The number of halogens is 1. The molecule has 2 amide bonds. The highest BCUT2D eigenvalue weighted by Crippen LogP contribution is 1.80. The molecule has 0 aromatic carbocycles. The van der Waals surface area contributed by atoms with E-state index in [-0.39, 0.29) is 6.54 Å². The van der Waals surface area contributed by atoms with E-state index in [0.717, 1.165) is 0 Å². The first-order valence-corrected chi connectivity index (χ1v) is 3.24. The van der Waals surface area contributed by atoms with Gasteiger partial charge in [-0.15, -0.1) is 6.42 Å². The summed E-state index contributed by atoms with van der Waals surface area (Å²) in [5.41, 5.74) is 0. The number of hydrogen-bond donors (Lipinski definition) is 2. The van der Waals surface area contributed by atoms with E-state index in [1.165, 1.54) is 0 Å². The third kappa shape index (κ3) is 5.22. The zero-order chi connectivity index (χ0) is 8.69. The lowest BCUT2D eigenvalue weighted by atomic mass is 10.4. The van der Waals surface area contributed by atoms with Crippen molar-refractivity contribution in [3.05, 3.63) is 0 Å². The predicted octanol–water partition coefficient (Wildman–Crippen LogP) is 0.277. The maximum Gasteiger partial charge on any atom is 0.315 e. The molecule has 1 atom stereocenters. The second-order valence-corrected chi connectivity index (χ2v) is 2.09. The zero-order valence-electron chi connectivity index (χ0n) is 6.36. The lowest BCUT2D eigenvalue weighted by molar-refractivity contribution is 0.236. The normalized spacial score (nSPS) is 11.4. The van der Waals surface area contributed by atoms with Gasteiger partial charge in [-0.25, -0.2) is 9.18 Å². The molecule has 0 bridgehead atoms. The van der Waals surface area contributed by atoms with E-state index in [9.17, 15) is 9.18 Å². The van der Waals surface area contributed by atoms with E-state index >= 15 is 0 Å². The molecule has 0 aromatic rings. The minimum absolute atomic E-state index is 0.158. The van der Waals surface area contributed by atoms with Crippen LogP contribution in [0.2, 0.25) is 0 Å². The fourth-order valence-electron chi connectivity index (χ4n) is 0.445. The summed E-state index contributed by atoms with van der Waals surface area (Å²) in [4.78, 5) is 10.7. The molecule has 0 aliphatic heterocycles. The first-order valence-electron chi connectivity index (χ1n) is 3.24. The Morgan fingerprint density at radius 1 is 1.82 bits per heavy atom.